The number of anilines is 2. The zero-order valence-electron chi connectivity index (χ0n) is 27.3. The number of fused-ring (bicyclic) bond motifs is 2. The molecule has 0 unspecified atom stereocenters. The predicted octanol–water partition coefficient (Wildman–Crippen LogP) is 1.31. The fourth-order valence-corrected chi connectivity index (χ4v) is 8.33. The number of rotatable bonds is 14. The van der Waals surface area contributed by atoms with E-state index in [2.05, 4.69) is 15.4 Å². The second kappa shape index (κ2) is 14.5. The maximum Gasteiger partial charge on any atom is 0.384 e. The first kappa shape index (κ1) is 38.7. The minimum absolute atomic E-state index is 0.144. The van der Waals surface area contributed by atoms with Crippen molar-refractivity contribution >= 4 is 87.3 Å². The summed E-state index contributed by atoms with van der Waals surface area (Å²) in [6.45, 7) is -0.886. The summed E-state index contributed by atoms with van der Waals surface area (Å²) in [5, 5.41) is 15.1. The second-order valence-corrected chi connectivity index (χ2v) is 16.0. The Kier molecular flexibility index (Phi) is 10.6. The van der Waals surface area contributed by atoms with Crippen LogP contribution >= 0.6 is 0 Å². The topological polar surface area (TPSA) is 308 Å². The molecule has 0 saturated carbocycles. The summed E-state index contributed by atoms with van der Waals surface area (Å²) >= 11 is 0. The maximum absolute atomic E-state index is 13.7. The Hall–Kier alpha value is -5.52. The van der Waals surface area contributed by atoms with Crippen molar-refractivity contribution in [1.82, 2.24) is 14.9 Å². The number of carbonyl (C=O) groups is 4. The fraction of sp³-hybridized carbons (Fsp3) is 0.194. The van der Waals surface area contributed by atoms with Crippen molar-refractivity contribution in [2.75, 3.05) is 43.5 Å². The third kappa shape index (κ3) is 7.96. The van der Waals surface area contributed by atoms with Crippen molar-refractivity contribution in [3.05, 3.63) is 65.7 Å². The number of imide groups is 1. The van der Waals surface area contributed by atoms with Crippen LogP contribution < -0.4 is 21.1 Å². The van der Waals surface area contributed by atoms with Gasteiger partial charge in [0.2, 0.25) is 9.79 Å². The van der Waals surface area contributed by atoms with Crippen LogP contribution in [-0.2, 0) is 39.8 Å². The van der Waals surface area contributed by atoms with Crippen LogP contribution in [0, 0.1) is 0 Å². The zero-order valence-corrected chi connectivity index (χ0v) is 29.8. The van der Waals surface area contributed by atoms with E-state index in [1.165, 1.54) is 31.3 Å². The average molecular weight is 793 g/mol. The molecule has 2 heterocycles. The number of amides is 3. The Bertz CT molecular complexity index is 2590. The number of nitrogen functional groups attached to an aromatic ring is 1. The van der Waals surface area contributed by atoms with Gasteiger partial charge in [-0.2, -0.15) is 16.8 Å². The molecule has 3 amide bonds. The molecule has 3 aromatic carbocycles. The normalized spacial score (nSPS) is 13.6. The first-order valence-electron chi connectivity index (χ1n) is 15.2. The molecular weight excluding hydrogens is 763 g/mol. The molecule has 1 aliphatic rings. The fourth-order valence-electron chi connectivity index (χ4n) is 5.65. The van der Waals surface area contributed by atoms with Gasteiger partial charge in [-0.15, -0.1) is 0 Å². The lowest BCUT2D eigenvalue weighted by Gasteiger charge is -2.15. The van der Waals surface area contributed by atoms with E-state index < -0.39 is 98.5 Å². The Morgan fingerprint density at radius 1 is 0.868 bits per heavy atom. The molecule has 280 valence electrons. The van der Waals surface area contributed by atoms with Crippen LogP contribution in [0.15, 0.2) is 68.8 Å². The molecule has 22 heteroatoms. The molecule has 0 fully saturated rings. The highest BCUT2D eigenvalue weighted by molar-refractivity contribution is 7.90. The molecule has 0 atom stereocenters. The van der Waals surface area contributed by atoms with Gasteiger partial charge in [-0.1, -0.05) is 0 Å². The predicted molar refractivity (Wildman–Crippen MR) is 189 cm³/mol. The average Bonchev–Trinajstić information content (AvgIpc) is 3.39. The first-order valence-corrected chi connectivity index (χ1v) is 19.7. The monoisotopic (exact) mass is 792 g/mol. The van der Waals surface area contributed by atoms with E-state index in [1.54, 1.807) is 0 Å². The molecular formula is C31H30N5O14S3+. The summed E-state index contributed by atoms with van der Waals surface area (Å²) in [4.78, 5) is 49.0. The molecule has 0 radical (unpaired) electrons. The number of sulfonamides is 1. The Balaban J connectivity index is 1.77. The maximum atomic E-state index is 13.7. The van der Waals surface area contributed by atoms with E-state index in [9.17, 15) is 54.1 Å². The Morgan fingerprint density at radius 2 is 1.49 bits per heavy atom. The Labute approximate surface area is 301 Å². The number of hydrogen-bond acceptors (Lipinski definition) is 12. The minimum Gasteiger partial charge on any atom is -0.478 e. The summed E-state index contributed by atoms with van der Waals surface area (Å²) in [6, 6.07) is 8.31. The summed E-state index contributed by atoms with van der Waals surface area (Å²) in [5.41, 5.74) is 3.22. The summed E-state index contributed by atoms with van der Waals surface area (Å²) < 4.78 is 103. The van der Waals surface area contributed by atoms with Gasteiger partial charge in [0.25, 0.3) is 37.9 Å². The number of benzene rings is 3. The highest BCUT2D eigenvalue weighted by atomic mass is 32.2. The van der Waals surface area contributed by atoms with E-state index in [4.69, 9.17) is 14.7 Å². The molecule has 4 aromatic rings. The van der Waals surface area contributed by atoms with Crippen LogP contribution in [-0.4, -0.2) is 100 Å². The van der Waals surface area contributed by atoms with Crippen molar-refractivity contribution in [2.24, 2.45) is 0 Å². The van der Waals surface area contributed by atoms with Gasteiger partial charge in [0.1, 0.15) is 0 Å². The van der Waals surface area contributed by atoms with Crippen LogP contribution in [0.25, 0.3) is 33.1 Å². The number of carboxylic acids is 1. The summed E-state index contributed by atoms with van der Waals surface area (Å²) in [7, 11) is -13.0. The molecule has 0 aliphatic carbocycles. The van der Waals surface area contributed by atoms with Gasteiger partial charge in [-0.3, -0.25) is 28.4 Å². The quantitative estimate of drug-likeness (QED) is 0.0236. The summed E-state index contributed by atoms with van der Waals surface area (Å²) in [5.74, 6) is -4.24. The third-order valence-corrected chi connectivity index (χ3v) is 11.2. The molecule has 1 aliphatic heterocycles. The van der Waals surface area contributed by atoms with Crippen molar-refractivity contribution in [1.29, 1.82) is 0 Å². The highest BCUT2D eigenvalue weighted by Crippen LogP contribution is 2.44. The summed E-state index contributed by atoms with van der Waals surface area (Å²) in [6.07, 6.45) is 1.77. The SMILES string of the molecule is CNc1ccc2c(-c3cc(C(=O)NCCN4C(=O)C=CC4=O)ccc3C(=O)O)c3ccc(N)c(S(=O)(=O)NCCCS(=O)(=O)O)c3[o+]c2c1S(=O)(=O)O. The van der Waals surface area contributed by atoms with E-state index in [1.807, 2.05) is 0 Å². The standard InChI is InChI=1S/C31H29N5O14S3/c1-33-22-8-6-19-25(20-15-16(3-4-17(20)31(40)41)30(39)34-12-13-36-23(37)9-10-24(36)38)18-5-7-21(32)28(26(18)50-27(19)29(22)53(47,48)49)52(45,46)35-11-2-14-51(42,43)44/h3-10,15,33,35H,2,11-14,32H2,1H3,(H3-,34,39,40,41,42,43,44,47,48,49)/p+1. The van der Waals surface area contributed by atoms with Gasteiger partial charge in [0.05, 0.1) is 33.5 Å². The largest absolute Gasteiger partial charge is 0.478 e. The van der Waals surface area contributed by atoms with Gasteiger partial charge >= 0.3 is 27.3 Å². The van der Waals surface area contributed by atoms with Gasteiger partial charge in [0.15, 0.2) is 0 Å². The number of nitrogens with one attached hydrogen (secondary N) is 3. The van der Waals surface area contributed by atoms with Gasteiger partial charge in [0, 0.05) is 50.0 Å². The third-order valence-electron chi connectivity index (χ3n) is 7.97. The zero-order chi connectivity index (χ0) is 39.0. The highest BCUT2D eigenvalue weighted by Gasteiger charge is 2.37. The first-order chi connectivity index (χ1) is 24.7. The van der Waals surface area contributed by atoms with E-state index in [0.717, 1.165) is 35.3 Å². The van der Waals surface area contributed by atoms with Gasteiger partial charge in [-0.05, 0) is 54.4 Å². The van der Waals surface area contributed by atoms with Crippen LogP contribution in [0.3, 0.4) is 0 Å². The van der Waals surface area contributed by atoms with Crippen LogP contribution in [0.4, 0.5) is 11.4 Å². The van der Waals surface area contributed by atoms with Crippen LogP contribution in [0.2, 0.25) is 0 Å². The van der Waals surface area contributed by atoms with Gasteiger partial charge < -0.3 is 21.5 Å². The molecule has 0 saturated heterocycles. The molecule has 8 N–H and O–H groups in total. The smallest absolute Gasteiger partial charge is 0.384 e. The lowest BCUT2D eigenvalue weighted by molar-refractivity contribution is -0.136. The number of carboxylic acid groups (broad SMARTS) is 1. The van der Waals surface area contributed by atoms with Crippen molar-refractivity contribution in [3.63, 3.8) is 0 Å². The van der Waals surface area contributed by atoms with Crippen LogP contribution in [0.1, 0.15) is 27.1 Å². The Morgan fingerprint density at radius 3 is 2.08 bits per heavy atom. The molecule has 1 aromatic heterocycles. The minimum atomic E-state index is -5.17. The number of carbonyl (C=O) groups excluding carboxylic acids is 3. The van der Waals surface area contributed by atoms with Crippen molar-refractivity contribution < 1.29 is 63.1 Å². The number of nitrogens with zero attached hydrogens (tertiary/aromatic N) is 1. The van der Waals surface area contributed by atoms with E-state index in [-0.39, 0.29) is 52.7 Å². The second-order valence-electron chi connectivity index (χ2n) is 11.4. The molecule has 0 bridgehead atoms. The lowest BCUT2D eigenvalue weighted by Crippen LogP contribution is -2.38. The number of hydrogen-bond donors (Lipinski definition) is 7. The molecule has 19 nitrogen and oxygen atoms in total. The van der Waals surface area contributed by atoms with E-state index >= 15 is 0 Å². The number of nitrogens with two attached hydrogens (primary N) is 1. The van der Waals surface area contributed by atoms with E-state index in [0.29, 0.717) is 0 Å². The van der Waals surface area contributed by atoms with Crippen molar-refractivity contribution in [3.8, 4) is 11.1 Å². The lowest BCUT2D eigenvalue weighted by atomic mass is 9.91. The van der Waals surface area contributed by atoms with Gasteiger partial charge in [-0.25, -0.2) is 22.4 Å². The molecule has 0 spiro atoms. The molecule has 5 rings (SSSR count). The molecule has 53 heavy (non-hydrogen) atoms. The number of aromatic carboxylic acids is 1. The van der Waals surface area contributed by atoms with Crippen molar-refractivity contribution in [2.45, 2.75) is 16.2 Å². The van der Waals surface area contributed by atoms with Crippen LogP contribution in [0.5, 0.6) is 0 Å².